The average molecular weight is 287 g/mol. The molecular weight excluding hydrogens is 266 g/mol. The Morgan fingerprint density at radius 2 is 1.65 bits per heavy atom. The lowest BCUT2D eigenvalue weighted by molar-refractivity contribution is 0.771. The van der Waals surface area contributed by atoms with Gasteiger partial charge in [0.15, 0.2) is 5.16 Å². The monoisotopic (exact) mass is 287 g/mol. The lowest BCUT2D eigenvalue weighted by Gasteiger charge is -2.16. The Balaban J connectivity index is 2.25. The molecule has 1 aromatic carbocycles. The molecule has 3 nitrogen and oxygen atoms in total. The summed E-state index contributed by atoms with van der Waals surface area (Å²) in [6.45, 7) is 7.05. The molecule has 0 fully saturated rings. The number of aromatic nitrogens is 2. The third kappa shape index (κ3) is 3.58. The van der Waals surface area contributed by atoms with Gasteiger partial charge in [-0.1, -0.05) is 42.1 Å². The van der Waals surface area contributed by atoms with Crippen molar-refractivity contribution in [3.63, 3.8) is 0 Å². The van der Waals surface area contributed by atoms with Gasteiger partial charge in [0.05, 0.1) is 0 Å². The van der Waals surface area contributed by atoms with E-state index in [0.717, 1.165) is 23.1 Å². The SMILES string of the molecule is CNCC(Sc1nc(C)c(C)c(C)n1)c1ccccc1. The predicted octanol–water partition coefficient (Wildman–Crippen LogP) is 3.45. The number of benzene rings is 1. The minimum atomic E-state index is 0.322. The Morgan fingerprint density at radius 3 is 2.20 bits per heavy atom. The van der Waals surface area contributed by atoms with Crippen LogP contribution in [0.15, 0.2) is 35.5 Å². The average Bonchev–Trinajstić information content (AvgIpc) is 2.45. The maximum Gasteiger partial charge on any atom is 0.188 e. The second kappa shape index (κ2) is 6.86. The first-order valence-electron chi connectivity index (χ1n) is 6.80. The smallest absolute Gasteiger partial charge is 0.188 e. The van der Waals surface area contributed by atoms with Crippen LogP contribution < -0.4 is 5.32 Å². The van der Waals surface area contributed by atoms with Crippen molar-refractivity contribution in [2.75, 3.05) is 13.6 Å². The molecule has 1 unspecified atom stereocenters. The molecule has 106 valence electrons. The maximum atomic E-state index is 4.61. The van der Waals surface area contributed by atoms with Gasteiger partial charge in [0.2, 0.25) is 0 Å². The molecule has 0 aliphatic carbocycles. The summed E-state index contributed by atoms with van der Waals surface area (Å²) in [5.74, 6) is 0. The van der Waals surface area contributed by atoms with Crippen LogP contribution >= 0.6 is 11.8 Å². The van der Waals surface area contributed by atoms with Crippen molar-refractivity contribution in [2.45, 2.75) is 31.2 Å². The third-order valence-electron chi connectivity index (χ3n) is 3.42. The first kappa shape index (κ1) is 15.0. The standard InChI is InChI=1S/C16H21N3S/c1-11-12(2)18-16(19-13(11)3)20-15(10-17-4)14-8-6-5-7-9-14/h5-9,15,17H,10H2,1-4H3. The van der Waals surface area contributed by atoms with Gasteiger partial charge in [-0.05, 0) is 38.9 Å². The molecule has 0 aliphatic heterocycles. The second-order valence-electron chi connectivity index (χ2n) is 4.88. The van der Waals surface area contributed by atoms with E-state index < -0.39 is 0 Å². The molecule has 0 amide bonds. The zero-order chi connectivity index (χ0) is 14.5. The van der Waals surface area contributed by atoms with E-state index in [4.69, 9.17) is 0 Å². The van der Waals surface area contributed by atoms with Crippen LogP contribution in [0.1, 0.15) is 27.8 Å². The van der Waals surface area contributed by atoms with E-state index in [1.54, 1.807) is 11.8 Å². The lowest BCUT2D eigenvalue weighted by Crippen LogP contribution is -2.15. The lowest BCUT2D eigenvalue weighted by atomic mass is 10.1. The highest BCUT2D eigenvalue weighted by Crippen LogP contribution is 2.33. The van der Waals surface area contributed by atoms with Crippen LogP contribution in [0, 0.1) is 20.8 Å². The van der Waals surface area contributed by atoms with Crippen molar-refractivity contribution >= 4 is 11.8 Å². The Bertz CT molecular complexity index is 546. The minimum absolute atomic E-state index is 0.322. The quantitative estimate of drug-likeness (QED) is 0.675. The summed E-state index contributed by atoms with van der Waals surface area (Å²) < 4.78 is 0. The fourth-order valence-corrected chi connectivity index (χ4v) is 3.18. The fraction of sp³-hybridized carbons (Fsp3) is 0.375. The van der Waals surface area contributed by atoms with Crippen LogP contribution in [0.5, 0.6) is 0 Å². The summed E-state index contributed by atoms with van der Waals surface area (Å²) in [6, 6.07) is 10.5. The van der Waals surface area contributed by atoms with Gasteiger partial charge in [-0.3, -0.25) is 0 Å². The maximum absolute atomic E-state index is 4.61. The van der Waals surface area contributed by atoms with Crippen molar-refractivity contribution in [2.24, 2.45) is 0 Å². The van der Waals surface area contributed by atoms with Gasteiger partial charge in [-0.15, -0.1) is 0 Å². The highest BCUT2D eigenvalue weighted by molar-refractivity contribution is 7.99. The number of hydrogen-bond donors (Lipinski definition) is 1. The van der Waals surface area contributed by atoms with Gasteiger partial charge >= 0.3 is 0 Å². The van der Waals surface area contributed by atoms with E-state index in [-0.39, 0.29) is 0 Å². The molecule has 4 heteroatoms. The number of hydrogen-bond acceptors (Lipinski definition) is 4. The zero-order valence-electron chi connectivity index (χ0n) is 12.5. The highest BCUT2D eigenvalue weighted by atomic mass is 32.2. The van der Waals surface area contributed by atoms with Crippen molar-refractivity contribution in [1.29, 1.82) is 0 Å². The van der Waals surface area contributed by atoms with Crippen molar-refractivity contribution in [1.82, 2.24) is 15.3 Å². The molecule has 2 aromatic rings. The molecule has 0 radical (unpaired) electrons. The van der Waals surface area contributed by atoms with Crippen molar-refractivity contribution in [3.05, 3.63) is 52.8 Å². The van der Waals surface area contributed by atoms with Crippen LogP contribution in [0.25, 0.3) is 0 Å². The van der Waals surface area contributed by atoms with Gasteiger partial charge in [0.25, 0.3) is 0 Å². The van der Waals surface area contributed by atoms with Crippen LogP contribution in [-0.2, 0) is 0 Å². The molecule has 20 heavy (non-hydrogen) atoms. The van der Waals surface area contributed by atoms with Gasteiger partial charge in [0, 0.05) is 23.2 Å². The van der Waals surface area contributed by atoms with Crippen molar-refractivity contribution < 1.29 is 0 Å². The molecule has 1 aromatic heterocycles. The zero-order valence-corrected chi connectivity index (χ0v) is 13.3. The van der Waals surface area contributed by atoms with E-state index in [1.165, 1.54) is 11.1 Å². The van der Waals surface area contributed by atoms with E-state index in [9.17, 15) is 0 Å². The van der Waals surface area contributed by atoms with Gasteiger partial charge in [-0.2, -0.15) is 0 Å². The molecule has 1 N–H and O–H groups in total. The van der Waals surface area contributed by atoms with Gasteiger partial charge < -0.3 is 5.32 Å². The van der Waals surface area contributed by atoms with Crippen LogP contribution in [0.4, 0.5) is 0 Å². The second-order valence-corrected chi connectivity index (χ2v) is 6.05. The molecule has 0 saturated heterocycles. The highest BCUT2D eigenvalue weighted by Gasteiger charge is 2.15. The number of nitrogens with zero attached hydrogens (tertiary/aromatic N) is 2. The summed E-state index contributed by atoms with van der Waals surface area (Å²) in [5.41, 5.74) is 4.61. The minimum Gasteiger partial charge on any atom is -0.318 e. The topological polar surface area (TPSA) is 37.8 Å². The number of nitrogens with one attached hydrogen (secondary N) is 1. The van der Waals surface area contributed by atoms with Crippen molar-refractivity contribution in [3.8, 4) is 0 Å². The van der Waals surface area contributed by atoms with E-state index in [2.05, 4.69) is 46.5 Å². The van der Waals surface area contributed by atoms with E-state index in [0.29, 0.717) is 5.25 Å². The summed E-state index contributed by atoms with van der Waals surface area (Å²) >= 11 is 1.72. The summed E-state index contributed by atoms with van der Waals surface area (Å²) in [7, 11) is 1.98. The predicted molar refractivity (Wildman–Crippen MR) is 85.2 cm³/mol. The Morgan fingerprint density at radius 1 is 1.05 bits per heavy atom. The molecule has 0 aliphatic rings. The number of aryl methyl sites for hydroxylation is 2. The number of rotatable bonds is 5. The fourth-order valence-electron chi connectivity index (χ4n) is 2.00. The molecule has 0 bridgehead atoms. The largest absolute Gasteiger partial charge is 0.318 e. The van der Waals surface area contributed by atoms with Crippen LogP contribution in [0.3, 0.4) is 0 Å². The molecular formula is C16H21N3S. The Labute approximate surface area is 125 Å². The van der Waals surface area contributed by atoms with Gasteiger partial charge in [-0.25, -0.2) is 9.97 Å². The summed E-state index contributed by atoms with van der Waals surface area (Å²) in [5, 5.41) is 4.43. The van der Waals surface area contributed by atoms with Gasteiger partial charge in [0.1, 0.15) is 0 Å². The number of thioether (sulfide) groups is 1. The Hall–Kier alpha value is -1.39. The third-order valence-corrected chi connectivity index (χ3v) is 4.54. The van der Waals surface area contributed by atoms with E-state index in [1.807, 2.05) is 27.0 Å². The molecule has 1 heterocycles. The first-order valence-corrected chi connectivity index (χ1v) is 7.68. The summed E-state index contributed by atoms with van der Waals surface area (Å²) in [4.78, 5) is 9.21. The Kier molecular flexibility index (Phi) is 5.15. The molecule has 2 rings (SSSR count). The van der Waals surface area contributed by atoms with Crippen LogP contribution in [-0.4, -0.2) is 23.6 Å². The van der Waals surface area contributed by atoms with Crippen LogP contribution in [0.2, 0.25) is 0 Å². The summed E-state index contributed by atoms with van der Waals surface area (Å²) in [6.07, 6.45) is 0. The molecule has 0 saturated carbocycles. The first-order chi connectivity index (χ1) is 9.61. The number of likely N-dealkylation sites (N-methyl/N-ethyl adjacent to an activating group) is 1. The van der Waals surface area contributed by atoms with E-state index >= 15 is 0 Å². The normalized spacial score (nSPS) is 12.4. The molecule has 1 atom stereocenters. The molecule has 0 spiro atoms.